The number of aromatic nitrogens is 1. The quantitative estimate of drug-likeness (QED) is 0.690. The second-order valence-electron chi connectivity index (χ2n) is 5.36. The van der Waals surface area contributed by atoms with Gasteiger partial charge in [0.05, 0.1) is 4.90 Å². The first-order chi connectivity index (χ1) is 11.9. The molecule has 0 saturated heterocycles. The van der Waals surface area contributed by atoms with E-state index in [1.54, 1.807) is 55.6 Å². The molecule has 1 aromatic heterocycles. The molecular formula is C17H16N2O4S2. The molecule has 0 aliphatic heterocycles. The van der Waals surface area contributed by atoms with E-state index in [9.17, 15) is 13.0 Å². The maximum Gasteiger partial charge on any atom is 0.262 e. The number of aryl methyl sites for hydroxylation is 1. The number of benzene rings is 2. The highest BCUT2D eigenvalue weighted by molar-refractivity contribution is 7.92. The average molecular weight is 376 g/mol. The van der Waals surface area contributed by atoms with Crippen molar-refractivity contribution >= 4 is 26.9 Å². The number of nitrogens with zero attached hydrogens (tertiary/aromatic N) is 1. The van der Waals surface area contributed by atoms with E-state index in [1.165, 1.54) is 12.1 Å². The van der Waals surface area contributed by atoms with Crippen molar-refractivity contribution in [1.82, 2.24) is 5.16 Å². The van der Waals surface area contributed by atoms with E-state index in [4.69, 9.17) is 4.52 Å². The van der Waals surface area contributed by atoms with Crippen LogP contribution in [0.3, 0.4) is 0 Å². The Balaban J connectivity index is 1.97. The summed E-state index contributed by atoms with van der Waals surface area (Å²) in [5.74, 6) is 0.359. The van der Waals surface area contributed by atoms with Crippen molar-refractivity contribution in [3.8, 4) is 11.3 Å². The van der Waals surface area contributed by atoms with Crippen LogP contribution >= 0.6 is 0 Å². The Bertz CT molecular complexity index is 966. The lowest BCUT2D eigenvalue weighted by Gasteiger charge is -2.09. The van der Waals surface area contributed by atoms with E-state index in [0.29, 0.717) is 21.9 Å². The van der Waals surface area contributed by atoms with Crippen LogP contribution in [0.4, 0.5) is 5.69 Å². The summed E-state index contributed by atoms with van der Waals surface area (Å²) in [6.07, 6.45) is 1.59. The molecule has 8 heteroatoms. The van der Waals surface area contributed by atoms with Gasteiger partial charge in [0.1, 0.15) is 17.6 Å². The van der Waals surface area contributed by atoms with Gasteiger partial charge in [0.15, 0.2) is 10.7 Å². The van der Waals surface area contributed by atoms with Crippen LogP contribution in [0.1, 0.15) is 5.76 Å². The van der Waals surface area contributed by atoms with Gasteiger partial charge in [0.25, 0.3) is 10.0 Å². The lowest BCUT2D eigenvalue weighted by molar-refractivity contribution is 0.400. The summed E-state index contributed by atoms with van der Waals surface area (Å²) in [6.45, 7) is 1.63. The molecule has 130 valence electrons. The Morgan fingerprint density at radius 3 is 2.32 bits per heavy atom. The fourth-order valence-corrected chi connectivity index (χ4v) is 3.95. The molecule has 0 saturated carbocycles. The summed E-state index contributed by atoms with van der Waals surface area (Å²) in [5.41, 5.74) is 1.33. The third kappa shape index (κ3) is 3.71. The van der Waals surface area contributed by atoms with E-state index in [1.807, 2.05) is 0 Å². The summed E-state index contributed by atoms with van der Waals surface area (Å²) in [5, 5.41) is 3.96. The first-order valence-corrected chi connectivity index (χ1v) is 10.4. The maximum atomic E-state index is 12.6. The predicted molar refractivity (Wildman–Crippen MR) is 96.3 cm³/mol. The topological polar surface area (TPSA) is 95.3 Å². The molecule has 0 bridgehead atoms. The Kier molecular flexibility index (Phi) is 4.85. The van der Waals surface area contributed by atoms with Crippen molar-refractivity contribution in [1.29, 1.82) is 0 Å². The molecule has 0 radical (unpaired) electrons. The number of nitrogens with one attached hydrogen (secondary N) is 1. The minimum absolute atomic E-state index is 0.151. The molecule has 0 aliphatic carbocycles. The molecule has 0 aliphatic rings. The van der Waals surface area contributed by atoms with Gasteiger partial charge >= 0.3 is 0 Å². The number of rotatable bonds is 5. The molecule has 1 unspecified atom stereocenters. The zero-order chi connectivity index (χ0) is 18.0. The molecule has 3 aromatic rings. The van der Waals surface area contributed by atoms with Crippen LogP contribution in [0.25, 0.3) is 11.3 Å². The third-order valence-corrected chi connectivity index (χ3v) is 5.91. The summed E-state index contributed by atoms with van der Waals surface area (Å²) in [4.78, 5) is 0.827. The molecule has 0 spiro atoms. The van der Waals surface area contributed by atoms with Gasteiger partial charge in [-0.1, -0.05) is 23.4 Å². The van der Waals surface area contributed by atoms with Crippen LogP contribution in [-0.4, -0.2) is 24.4 Å². The van der Waals surface area contributed by atoms with Gasteiger partial charge in [-0.2, -0.15) is 0 Å². The average Bonchev–Trinajstić information content (AvgIpc) is 2.96. The van der Waals surface area contributed by atoms with Gasteiger partial charge in [-0.25, -0.2) is 8.42 Å². The molecule has 2 aromatic carbocycles. The second kappa shape index (κ2) is 6.91. The highest BCUT2D eigenvalue weighted by atomic mass is 32.2. The summed E-state index contributed by atoms with van der Waals surface area (Å²) in [7, 11) is -3.76. The van der Waals surface area contributed by atoms with Gasteiger partial charge in [0, 0.05) is 5.56 Å². The molecule has 1 N–H and O–H groups in total. The van der Waals surface area contributed by atoms with E-state index in [0.717, 1.165) is 0 Å². The van der Waals surface area contributed by atoms with Crippen molar-refractivity contribution in [3.63, 3.8) is 0 Å². The SMILES string of the molecule is Cc1onc(-c2ccc([S+](C)[O-])cc2)c1NS(=O)(=O)c1ccccc1. The zero-order valence-electron chi connectivity index (χ0n) is 13.6. The molecule has 1 heterocycles. The molecule has 6 nitrogen and oxygen atoms in total. The van der Waals surface area contributed by atoms with Crippen LogP contribution in [-0.2, 0) is 21.2 Å². The Morgan fingerprint density at radius 1 is 1.08 bits per heavy atom. The largest absolute Gasteiger partial charge is 0.612 e. The van der Waals surface area contributed by atoms with Crippen LogP contribution < -0.4 is 4.72 Å². The smallest absolute Gasteiger partial charge is 0.262 e. The zero-order valence-corrected chi connectivity index (χ0v) is 15.2. The summed E-state index contributed by atoms with van der Waals surface area (Å²) in [6, 6.07) is 15.0. The van der Waals surface area contributed by atoms with E-state index in [-0.39, 0.29) is 10.6 Å². The molecule has 0 fully saturated rings. The standard InChI is InChI=1S/C17H16N2O4S2/c1-12-16(19-25(21,22)15-6-4-3-5-7-15)17(18-23-12)13-8-10-14(11-9-13)24(2)20/h3-11,19H,1-2H3. The molecule has 0 amide bonds. The monoisotopic (exact) mass is 376 g/mol. The van der Waals surface area contributed by atoms with Crippen LogP contribution in [0, 0.1) is 6.92 Å². The van der Waals surface area contributed by atoms with E-state index >= 15 is 0 Å². The highest BCUT2D eigenvalue weighted by Gasteiger charge is 2.22. The lowest BCUT2D eigenvalue weighted by atomic mass is 10.1. The predicted octanol–water partition coefficient (Wildman–Crippen LogP) is 3.19. The van der Waals surface area contributed by atoms with Crippen LogP contribution in [0.15, 0.2) is 68.9 Å². The third-order valence-electron chi connectivity index (χ3n) is 3.61. The Morgan fingerprint density at radius 2 is 1.72 bits per heavy atom. The second-order valence-corrected chi connectivity index (χ2v) is 8.42. The first-order valence-electron chi connectivity index (χ1n) is 7.36. The van der Waals surface area contributed by atoms with Crippen molar-refractivity contribution in [2.45, 2.75) is 16.7 Å². The normalized spacial score (nSPS) is 12.8. The summed E-state index contributed by atoms with van der Waals surface area (Å²) < 4.78 is 44.3. The fraction of sp³-hybridized carbons (Fsp3) is 0.118. The minimum Gasteiger partial charge on any atom is -0.612 e. The Hall–Kier alpha value is -2.29. The lowest BCUT2D eigenvalue weighted by Crippen LogP contribution is -2.13. The number of hydrogen-bond acceptors (Lipinski definition) is 5. The van der Waals surface area contributed by atoms with Crippen molar-refractivity contribution in [2.75, 3.05) is 11.0 Å². The molecular weight excluding hydrogens is 360 g/mol. The fourth-order valence-electron chi connectivity index (χ4n) is 2.29. The Labute approximate surface area is 149 Å². The number of sulfonamides is 1. The van der Waals surface area contributed by atoms with Gasteiger partial charge in [-0.05, 0) is 54.5 Å². The van der Waals surface area contributed by atoms with Crippen molar-refractivity contribution < 1.29 is 17.5 Å². The molecule has 3 rings (SSSR count). The van der Waals surface area contributed by atoms with Crippen molar-refractivity contribution in [2.24, 2.45) is 0 Å². The minimum atomic E-state index is -3.76. The first kappa shape index (κ1) is 17.5. The van der Waals surface area contributed by atoms with Gasteiger partial charge in [0.2, 0.25) is 0 Å². The van der Waals surface area contributed by atoms with Crippen LogP contribution in [0.2, 0.25) is 0 Å². The van der Waals surface area contributed by atoms with E-state index in [2.05, 4.69) is 9.88 Å². The number of anilines is 1. The van der Waals surface area contributed by atoms with Crippen LogP contribution in [0.5, 0.6) is 0 Å². The van der Waals surface area contributed by atoms with Gasteiger partial charge in [-0.15, -0.1) is 0 Å². The molecule has 1 atom stereocenters. The van der Waals surface area contributed by atoms with E-state index < -0.39 is 21.2 Å². The molecule has 25 heavy (non-hydrogen) atoms. The highest BCUT2D eigenvalue weighted by Crippen LogP contribution is 2.32. The van der Waals surface area contributed by atoms with Gasteiger partial charge < -0.3 is 9.08 Å². The maximum absolute atomic E-state index is 12.6. The van der Waals surface area contributed by atoms with Gasteiger partial charge in [-0.3, -0.25) is 4.72 Å². The number of hydrogen-bond donors (Lipinski definition) is 1. The van der Waals surface area contributed by atoms with Crippen molar-refractivity contribution in [3.05, 3.63) is 60.4 Å². The summed E-state index contributed by atoms with van der Waals surface area (Å²) >= 11 is -1.09.